The van der Waals surface area contributed by atoms with Gasteiger partial charge >= 0.3 is 5.97 Å². The lowest BCUT2D eigenvalue weighted by Gasteiger charge is -2.06. The van der Waals surface area contributed by atoms with Gasteiger partial charge in [0.25, 0.3) is 11.6 Å². The highest BCUT2D eigenvalue weighted by Gasteiger charge is 2.15. The van der Waals surface area contributed by atoms with Gasteiger partial charge in [0, 0.05) is 23.6 Å². The monoisotopic (exact) mass is 400 g/mol. The number of methoxy groups -OCH3 is 1. The number of nitriles is 1. The summed E-state index contributed by atoms with van der Waals surface area (Å²) < 4.78 is 4.62. The van der Waals surface area contributed by atoms with E-state index in [0.29, 0.717) is 5.69 Å². The van der Waals surface area contributed by atoms with Gasteiger partial charge in [-0.1, -0.05) is 17.7 Å². The number of benzene rings is 2. The number of esters is 1. The second kappa shape index (κ2) is 9.16. The van der Waals surface area contributed by atoms with E-state index in [9.17, 15) is 25.0 Å². The van der Waals surface area contributed by atoms with E-state index in [1.54, 1.807) is 24.3 Å². The van der Waals surface area contributed by atoms with Gasteiger partial charge in [-0.3, -0.25) is 14.9 Å². The van der Waals surface area contributed by atoms with Crippen LogP contribution >= 0.6 is 11.6 Å². The number of carbonyl (C=O) groups is 2. The average Bonchev–Trinajstić information content (AvgIpc) is 2.69. The summed E-state index contributed by atoms with van der Waals surface area (Å²) in [7, 11) is 1.25. The highest BCUT2D eigenvalue weighted by molar-refractivity contribution is 6.32. The van der Waals surface area contributed by atoms with Crippen molar-refractivity contribution in [3.63, 3.8) is 0 Å². The number of rotatable bonds is 6. The summed E-state index contributed by atoms with van der Waals surface area (Å²) in [4.78, 5) is 34.0. The third kappa shape index (κ3) is 5.06. The Labute approximate surface area is 164 Å². The Morgan fingerprint density at radius 1 is 1.25 bits per heavy atom. The van der Waals surface area contributed by atoms with Crippen molar-refractivity contribution < 1.29 is 19.2 Å². The van der Waals surface area contributed by atoms with Crippen molar-refractivity contribution in [1.29, 1.82) is 5.26 Å². The minimum absolute atomic E-state index is 0.0776. The molecule has 9 nitrogen and oxygen atoms in total. The summed E-state index contributed by atoms with van der Waals surface area (Å²) >= 11 is 5.72. The normalized spacial score (nSPS) is 10.5. The van der Waals surface area contributed by atoms with Crippen LogP contribution < -0.4 is 10.6 Å². The van der Waals surface area contributed by atoms with Gasteiger partial charge in [0.15, 0.2) is 0 Å². The zero-order chi connectivity index (χ0) is 20.7. The number of anilines is 2. The van der Waals surface area contributed by atoms with Crippen LogP contribution in [0.2, 0.25) is 5.02 Å². The van der Waals surface area contributed by atoms with Crippen molar-refractivity contribution >= 4 is 40.5 Å². The van der Waals surface area contributed by atoms with Crippen molar-refractivity contribution in [1.82, 2.24) is 0 Å². The van der Waals surface area contributed by atoms with Gasteiger partial charge in [-0.05, 0) is 30.3 Å². The van der Waals surface area contributed by atoms with Crippen LogP contribution in [0.15, 0.2) is 54.2 Å². The Kier molecular flexibility index (Phi) is 6.68. The standard InChI is InChI=1S/C18H13ClN4O5/c1-28-18(25)11-3-2-4-13(7-11)21-10-12(9-20)17(24)22-14-5-6-15(19)16(8-14)23(26)27/h2-8,10,21H,1H3,(H,22,24)/b12-10-. The lowest BCUT2D eigenvalue weighted by Crippen LogP contribution is -2.14. The maximum atomic E-state index is 12.2. The molecule has 0 aliphatic heterocycles. The number of nitro groups is 1. The van der Waals surface area contributed by atoms with Gasteiger partial charge < -0.3 is 15.4 Å². The number of nitrogens with zero attached hydrogens (tertiary/aromatic N) is 2. The van der Waals surface area contributed by atoms with Crippen molar-refractivity contribution in [2.24, 2.45) is 0 Å². The molecular weight excluding hydrogens is 388 g/mol. The Hall–Kier alpha value is -3.90. The number of hydrogen-bond acceptors (Lipinski definition) is 7. The van der Waals surface area contributed by atoms with E-state index >= 15 is 0 Å². The first-order chi connectivity index (χ1) is 13.3. The zero-order valence-electron chi connectivity index (χ0n) is 14.4. The molecule has 2 rings (SSSR count). The van der Waals surface area contributed by atoms with Gasteiger partial charge in [-0.15, -0.1) is 0 Å². The van der Waals surface area contributed by atoms with Crippen LogP contribution in [-0.2, 0) is 9.53 Å². The molecule has 0 unspecified atom stereocenters. The van der Waals surface area contributed by atoms with Gasteiger partial charge in [0.2, 0.25) is 0 Å². The molecule has 1 amide bonds. The van der Waals surface area contributed by atoms with E-state index in [4.69, 9.17) is 11.6 Å². The summed E-state index contributed by atoms with van der Waals surface area (Å²) in [5.41, 5.74) is 0.179. The molecule has 0 fully saturated rings. The molecule has 0 radical (unpaired) electrons. The second-order valence-electron chi connectivity index (χ2n) is 5.26. The molecule has 0 bridgehead atoms. The Morgan fingerprint density at radius 3 is 2.64 bits per heavy atom. The maximum absolute atomic E-state index is 12.2. The molecule has 2 N–H and O–H groups in total. The smallest absolute Gasteiger partial charge is 0.337 e. The fraction of sp³-hybridized carbons (Fsp3) is 0.0556. The SMILES string of the molecule is COC(=O)c1cccc(N/C=C(/C#N)C(=O)Nc2ccc(Cl)c([N+](=O)[O-])c2)c1. The van der Waals surface area contributed by atoms with Crippen molar-refractivity contribution in [3.8, 4) is 6.07 Å². The van der Waals surface area contributed by atoms with Crippen LogP contribution in [0.4, 0.5) is 17.1 Å². The maximum Gasteiger partial charge on any atom is 0.337 e. The van der Waals surface area contributed by atoms with Crippen molar-refractivity contribution in [3.05, 3.63) is 74.9 Å². The highest BCUT2D eigenvalue weighted by Crippen LogP contribution is 2.27. The number of nitro benzene ring substituents is 1. The second-order valence-corrected chi connectivity index (χ2v) is 5.67. The van der Waals surface area contributed by atoms with E-state index in [2.05, 4.69) is 15.4 Å². The Morgan fingerprint density at radius 2 is 2.00 bits per heavy atom. The minimum Gasteiger partial charge on any atom is -0.465 e. The number of nitrogens with one attached hydrogen (secondary N) is 2. The van der Waals surface area contributed by atoms with Gasteiger partial charge in [-0.25, -0.2) is 4.79 Å². The third-order valence-electron chi connectivity index (χ3n) is 3.43. The van der Waals surface area contributed by atoms with Crippen LogP contribution in [0.3, 0.4) is 0 Å². The summed E-state index contributed by atoms with van der Waals surface area (Å²) in [6.45, 7) is 0. The van der Waals surface area contributed by atoms with E-state index in [1.165, 1.54) is 25.3 Å². The molecular formula is C18H13ClN4O5. The van der Waals surface area contributed by atoms with Crippen LogP contribution in [-0.4, -0.2) is 23.9 Å². The number of ether oxygens (including phenoxy) is 1. The fourth-order valence-corrected chi connectivity index (χ4v) is 2.27. The molecule has 10 heteroatoms. The Bertz CT molecular complexity index is 1010. The van der Waals surface area contributed by atoms with E-state index in [0.717, 1.165) is 12.3 Å². The minimum atomic E-state index is -0.782. The van der Waals surface area contributed by atoms with E-state index in [1.807, 2.05) is 0 Å². The topological polar surface area (TPSA) is 134 Å². The molecule has 2 aromatic rings. The molecule has 28 heavy (non-hydrogen) atoms. The number of carbonyl (C=O) groups excluding carboxylic acids is 2. The van der Waals surface area contributed by atoms with Crippen LogP contribution in [0.5, 0.6) is 0 Å². The van der Waals surface area contributed by atoms with Crippen molar-refractivity contribution in [2.75, 3.05) is 17.7 Å². The molecule has 2 aromatic carbocycles. The average molecular weight is 401 g/mol. The lowest BCUT2D eigenvalue weighted by molar-refractivity contribution is -0.384. The molecule has 0 saturated heterocycles. The molecule has 0 aliphatic rings. The molecule has 0 aromatic heterocycles. The first-order valence-corrected chi connectivity index (χ1v) is 8.04. The zero-order valence-corrected chi connectivity index (χ0v) is 15.2. The van der Waals surface area contributed by atoms with E-state index in [-0.39, 0.29) is 27.5 Å². The summed E-state index contributed by atoms with van der Waals surface area (Å²) in [5.74, 6) is -1.31. The lowest BCUT2D eigenvalue weighted by atomic mass is 10.2. The van der Waals surface area contributed by atoms with Crippen LogP contribution in [0.25, 0.3) is 0 Å². The predicted molar refractivity (Wildman–Crippen MR) is 102 cm³/mol. The highest BCUT2D eigenvalue weighted by atomic mass is 35.5. The molecule has 0 saturated carbocycles. The first kappa shape index (κ1) is 20.4. The largest absolute Gasteiger partial charge is 0.465 e. The fourth-order valence-electron chi connectivity index (χ4n) is 2.09. The molecule has 0 aliphatic carbocycles. The molecule has 0 heterocycles. The Balaban J connectivity index is 2.16. The number of halogens is 1. The summed E-state index contributed by atoms with van der Waals surface area (Å²) in [6.07, 6.45) is 1.15. The predicted octanol–water partition coefficient (Wildman–Crippen LogP) is 3.49. The van der Waals surface area contributed by atoms with Gasteiger partial charge in [0.1, 0.15) is 16.7 Å². The van der Waals surface area contributed by atoms with Gasteiger partial charge in [-0.2, -0.15) is 5.26 Å². The molecule has 0 spiro atoms. The third-order valence-corrected chi connectivity index (χ3v) is 3.75. The quantitative estimate of drug-likeness (QED) is 0.249. The molecule has 142 valence electrons. The number of hydrogen-bond donors (Lipinski definition) is 2. The van der Waals surface area contributed by atoms with Crippen molar-refractivity contribution in [2.45, 2.75) is 0 Å². The summed E-state index contributed by atoms with van der Waals surface area (Å²) in [5, 5.41) is 25.1. The van der Waals surface area contributed by atoms with Crippen LogP contribution in [0.1, 0.15) is 10.4 Å². The van der Waals surface area contributed by atoms with E-state index < -0.39 is 16.8 Å². The summed E-state index contributed by atoms with van der Waals surface area (Å²) in [6, 6.07) is 11.7. The van der Waals surface area contributed by atoms with Crippen LogP contribution in [0, 0.1) is 21.4 Å². The first-order valence-electron chi connectivity index (χ1n) is 7.66. The number of amides is 1. The molecule has 0 atom stereocenters. The van der Waals surface area contributed by atoms with Gasteiger partial charge in [0.05, 0.1) is 17.6 Å².